The summed E-state index contributed by atoms with van der Waals surface area (Å²) in [6, 6.07) is 4.98. The van der Waals surface area contributed by atoms with Gasteiger partial charge in [0.2, 0.25) is 0 Å². The third-order valence-electron chi connectivity index (χ3n) is 7.12. The zero-order valence-corrected chi connectivity index (χ0v) is 22.4. The first-order chi connectivity index (χ1) is 17.2. The Kier molecular flexibility index (Phi) is 5.97. The summed E-state index contributed by atoms with van der Waals surface area (Å²) >= 11 is 0. The van der Waals surface area contributed by atoms with Crippen LogP contribution in [0, 0.1) is 23.0 Å². The largest absolute Gasteiger partial charge is 0.384 e. The molecule has 1 N–H and O–H groups in total. The number of fused-ring (bicyclic) bond motifs is 2. The molecule has 0 fully saturated rings. The van der Waals surface area contributed by atoms with Gasteiger partial charge in [0.05, 0.1) is 28.7 Å². The number of halogens is 2. The topological polar surface area (TPSA) is 71.4 Å². The van der Waals surface area contributed by atoms with Crippen molar-refractivity contribution in [2.75, 3.05) is 23.5 Å². The Morgan fingerprint density at radius 1 is 1.16 bits per heavy atom. The van der Waals surface area contributed by atoms with Crippen molar-refractivity contribution in [3.8, 4) is 0 Å². The van der Waals surface area contributed by atoms with E-state index >= 15 is 4.39 Å². The molecule has 0 amide bonds. The minimum Gasteiger partial charge on any atom is -0.384 e. The van der Waals surface area contributed by atoms with Crippen molar-refractivity contribution in [2.24, 2.45) is 18.4 Å². The van der Waals surface area contributed by atoms with Crippen LogP contribution in [-0.4, -0.2) is 37.6 Å². The summed E-state index contributed by atoms with van der Waals surface area (Å²) < 4.78 is 55.2. The number of sulfone groups is 1. The Bertz CT molecular complexity index is 1560. The smallest absolute Gasteiger partial charge is 0.260 e. The van der Waals surface area contributed by atoms with E-state index in [0.717, 1.165) is 24.3 Å². The minimum atomic E-state index is -3.43. The second-order valence-electron chi connectivity index (χ2n) is 11.5. The van der Waals surface area contributed by atoms with Gasteiger partial charge in [0.15, 0.2) is 9.84 Å². The lowest BCUT2D eigenvalue weighted by atomic mass is 9.76. The molecule has 37 heavy (non-hydrogen) atoms. The second-order valence-corrected chi connectivity index (χ2v) is 13.6. The quantitative estimate of drug-likeness (QED) is 0.644. The molecule has 3 heterocycles. The highest BCUT2D eigenvalue weighted by Crippen LogP contribution is 2.48. The number of hydrogen-bond donors (Lipinski definition) is 1. The SMILES string of the molecule is Cn1ccc2c(c1=O)C1=C3C(=CN(c4ccc(F)cc4F)C3C(CC(C)(C)C)CN1)C=C2CS(C)(=O)=O. The first-order valence-corrected chi connectivity index (χ1v) is 14.3. The van der Waals surface area contributed by atoms with Crippen molar-refractivity contribution >= 4 is 26.8 Å². The molecule has 2 atom stereocenters. The van der Waals surface area contributed by atoms with Crippen LogP contribution in [0.2, 0.25) is 0 Å². The molecule has 5 rings (SSSR count). The monoisotopic (exact) mass is 527 g/mol. The Labute approximate surface area is 215 Å². The molecular formula is C28H31F2N3O3S. The van der Waals surface area contributed by atoms with Gasteiger partial charge in [-0.25, -0.2) is 17.2 Å². The van der Waals surface area contributed by atoms with Crippen LogP contribution >= 0.6 is 0 Å². The van der Waals surface area contributed by atoms with Crippen LogP contribution in [0.1, 0.15) is 38.3 Å². The molecule has 0 saturated heterocycles. The van der Waals surface area contributed by atoms with E-state index in [-0.39, 0.29) is 34.4 Å². The predicted molar refractivity (Wildman–Crippen MR) is 143 cm³/mol. The fourth-order valence-corrected chi connectivity index (χ4v) is 6.63. The Hall–Kier alpha value is -3.20. The number of pyridine rings is 1. The van der Waals surface area contributed by atoms with Crippen LogP contribution in [0.15, 0.2) is 58.7 Å². The van der Waals surface area contributed by atoms with Crippen LogP contribution < -0.4 is 15.8 Å². The summed E-state index contributed by atoms with van der Waals surface area (Å²) in [5, 5.41) is 3.50. The summed E-state index contributed by atoms with van der Waals surface area (Å²) in [5.41, 5.74) is 3.64. The number of allylic oxidation sites excluding steroid dienone is 1. The summed E-state index contributed by atoms with van der Waals surface area (Å²) in [6.07, 6.45) is 7.22. The first-order valence-electron chi connectivity index (χ1n) is 12.3. The number of aryl methyl sites for hydroxylation is 1. The number of anilines is 1. The maximum atomic E-state index is 15.1. The Morgan fingerprint density at radius 3 is 2.54 bits per heavy atom. The van der Waals surface area contributed by atoms with Gasteiger partial charge in [-0.3, -0.25) is 4.79 Å². The molecule has 0 spiro atoms. The molecule has 1 aromatic carbocycles. The minimum absolute atomic E-state index is 0.0315. The Balaban J connectivity index is 1.80. The van der Waals surface area contributed by atoms with Crippen LogP contribution in [0.5, 0.6) is 0 Å². The number of rotatable bonds is 4. The zero-order valence-electron chi connectivity index (χ0n) is 21.6. The van der Waals surface area contributed by atoms with Crippen molar-refractivity contribution in [1.29, 1.82) is 0 Å². The third-order valence-corrected chi connectivity index (χ3v) is 7.95. The van der Waals surface area contributed by atoms with Crippen LogP contribution in [0.4, 0.5) is 14.5 Å². The van der Waals surface area contributed by atoms with E-state index in [4.69, 9.17) is 0 Å². The maximum Gasteiger partial charge on any atom is 0.260 e. The number of nitrogens with zero attached hydrogens (tertiary/aromatic N) is 2. The standard InChI is InChI=1S/C28H31F2N3O3S/c1-28(2,3)12-18-13-31-25-23-16(14-33(26(18)23)22-7-6-19(29)11-21(22)30)10-17(15-37(5,35)36)20-8-9-32(4)27(34)24(20)25/h6-11,14,18,26,31H,12-13,15H2,1-5H3. The molecule has 9 heteroatoms. The highest BCUT2D eigenvalue weighted by Gasteiger charge is 2.45. The van der Waals surface area contributed by atoms with E-state index in [1.165, 1.54) is 16.7 Å². The number of aromatic nitrogens is 1. The van der Waals surface area contributed by atoms with Gasteiger partial charge in [0.1, 0.15) is 11.6 Å². The third kappa shape index (κ3) is 4.65. The van der Waals surface area contributed by atoms with E-state index in [1.807, 2.05) is 4.90 Å². The molecule has 0 bridgehead atoms. The summed E-state index contributed by atoms with van der Waals surface area (Å²) in [5.74, 6) is -1.55. The van der Waals surface area contributed by atoms with E-state index in [0.29, 0.717) is 34.5 Å². The molecule has 1 aliphatic carbocycles. The maximum absolute atomic E-state index is 15.1. The molecular weight excluding hydrogens is 496 g/mol. The van der Waals surface area contributed by atoms with Crippen molar-refractivity contribution in [3.63, 3.8) is 0 Å². The fourth-order valence-electron chi connectivity index (χ4n) is 5.83. The van der Waals surface area contributed by atoms with Gasteiger partial charge in [-0.15, -0.1) is 0 Å². The van der Waals surface area contributed by atoms with E-state index in [2.05, 4.69) is 26.1 Å². The number of hydrogen-bond acceptors (Lipinski definition) is 5. The van der Waals surface area contributed by atoms with E-state index in [1.54, 1.807) is 31.6 Å². The van der Waals surface area contributed by atoms with Crippen LogP contribution in [-0.2, 0) is 16.9 Å². The fraction of sp³-hybridized carbons (Fsp3) is 0.393. The van der Waals surface area contributed by atoms with Gasteiger partial charge >= 0.3 is 0 Å². The lowest BCUT2D eigenvalue weighted by Crippen LogP contribution is -2.47. The van der Waals surface area contributed by atoms with Gasteiger partial charge < -0.3 is 14.8 Å². The molecule has 6 nitrogen and oxygen atoms in total. The van der Waals surface area contributed by atoms with Crippen molar-refractivity contribution in [3.05, 3.63) is 87.0 Å². The van der Waals surface area contributed by atoms with Gasteiger partial charge in [-0.1, -0.05) is 20.8 Å². The molecule has 2 unspecified atom stereocenters. The number of nitrogens with one attached hydrogen (secondary N) is 1. The van der Waals surface area contributed by atoms with E-state index < -0.39 is 21.5 Å². The molecule has 3 aliphatic rings. The van der Waals surface area contributed by atoms with E-state index in [9.17, 15) is 17.6 Å². The Morgan fingerprint density at radius 2 is 1.89 bits per heavy atom. The number of benzene rings is 1. The first kappa shape index (κ1) is 25.4. The molecule has 2 aliphatic heterocycles. The predicted octanol–water partition coefficient (Wildman–Crippen LogP) is 4.24. The highest BCUT2D eigenvalue weighted by molar-refractivity contribution is 7.91. The molecule has 0 saturated carbocycles. The van der Waals surface area contributed by atoms with Gasteiger partial charge in [-0.05, 0) is 52.8 Å². The van der Waals surface area contributed by atoms with Crippen molar-refractivity contribution < 1.29 is 17.2 Å². The zero-order chi connectivity index (χ0) is 26.9. The van der Waals surface area contributed by atoms with Gasteiger partial charge in [0, 0.05) is 49.8 Å². The molecule has 1 aromatic heterocycles. The summed E-state index contributed by atoms with van der Waals surface area (Å²) in [6.45, 7) is 6.97. The highest BCUT2D eigenvalue weighted by atomic mass is 32.2. The second kappa shape index (κ2) is 8.68. The summed E-state index contributed by atoms with van der Waals surface area (Å²) in [7, 11) is -1.77. The molecule has 196 valence electrons. The molecule has 0 radical (unpaired) electrons. The van der Waals surface area contributed by atoms with Gasteiger partial charge in [0.25, 0.3) is 5.56 Å². The lowest BCUT2D eigenvalue weighted by Gasteiger charge is -2.41. The van der Waals surface area contributed by atoms with Gasteiger partial charge in [-0.2, -0.15) is 0 Å². The van der Waals surface area contributed by atoms with Crippen molar-refractivity contribution in [2.45, 2.75) is 33.2 Å². The lowest BCUT2D eigenvalue weighted by molar-refractivity contribution is 0.269. The normalized spacial score (nSPS) is 21.1. The average Bonchev–Trinajstić information content (AvgIpc) is 3.07. The van der Waals surface area contributed by atoms with Crippen LogP contribution in [0.3, 0.4) is 0 Å². The average molecular weight is 528 g/mol. The van der Waals surface area contributed by atoms with Crippen molar-refractivity contribution in [1.82, 2.24) is 9.88 Å². The summed E-state index contributed by atoms with van der Waals surface area (Å²) in [4.78, 5) is 15.3. The van der Waals surface area contributed by atoms with Crippen LogP contribution in [0.25, 0.3) is 11.3 Å². The molecule has 2 aromatic rings.